The Bertz CT molecular complexity index is 110. The number of amides is 1. The second-order valence-electron chi connectivity index (χ2n) is 1.12. The molecule has 2 nitrogen and oxygen atoms in total. The molecule has 1 heterocycles. The van der Waals surface area contributed by atoms with Crippen molar-refractivity contribution < 1.29 is 4.79 Å². The quantitative estimate of drug-likeness (QED) is 0.538. The summed E-state index contributed by atoms with van der Waals surface area (Å²) in [5, 5.41) is 2.47. The highest BCUT2D eigenvalue weighted by Crippen LogP contribution is 2.06. The van der Waals surface area contributed by atoms with Gasteiger partial charge in [-0.15, -0.1) is 0 Å². The molecule has 0 atom stereocenters. The van der Waals surface area contributed by atoms with Gasteiger partial charge in [-0.1, -0.05) is 24.0 Å². The summed E-state index contributed by atoms with van der Waals surface area (Å²) < 4.78 is 0.602. The fourth-order valence-electron chi connectivity index (χ4n) is 0.317. The molecule has 1 aliphatic rings. The number of thiocarbonyl (C=S) groups is 1. The largest absolute Gasteiger partial charge is 0.311 e. The number of carbonyl (C=O) groups excluding carboxylic acids is 1. The van der Waals surface area contributed by atoms with Crippen LogP contribution in [-0.2, 0) is 4.79 Å². The molecular weight excluding hydrogens is 162 g/mol. The fourth-order valence-corrected chi connectivity index (χ4v) is 1.13. The Morgan fingerprint density at radius 1 is 1.75 bits per heavy atom. The van der Waals surface area contributed by atoms with E-state index < -0.39 is 0 Å². The predicted molar refractivity (Wildman–Crippen MR) is 40.8 cm³/mol. The van der Waals surface area contributed by atoms with Gasteiger partial charge in [-0.2, -0.15) is 0 Å². The van der Waals surface area contributed by atoms with Crippen LogP contribution in [0.3, 0.4) is 0 Å². The van der Waals surface area contributed by atoms with E-state index in [2.05, 4.69) is 17.5 Å². The lowest BCUT2D eigenvalue weighted by Crippen LogP contribution is -2.18. The van der Waals surface area contributed by atoms with Crippen molar-refractivity contribution in [1.82, 2.24) is 5.32 Å². The zero-order chi connectivity index (χ0) is 5.28. The van der Waals surface area contributed by atoms with Gasteiger partial charge in [-0.25, -0.2) is 0 Å². The van der Waals surface area contributed by atoms with Gasteiger partial charge in [0.25, 0.3) is 0 Å². The summed E-state index contributed by atoms with van der Waals surface area (Å²) in [4.78, 5) is 10.2. The first kappa shape index (κ1) is 8.26. The van der Waals surface area contributed by atoms with Crippen LogP contribution in [0.4, 0.5) is 0 Å². The number of hydrogen-bond donors (Lipinski definition) is 1. The van der Waals surface area contributed by atoms with Gasteiger partial charge in [0.2, 0.25) is 5.91 Å². The highest BCUT2D eigenvalue weighted by Gasteiger charge is 2.13. The highest BCUT2D eigenvalue weighted by atomic mass is 32.2. The topological polar surface area (TPSA) is 29.1 Å². The van der Waals surface area contributed by atoms with Gasteiger partial charge in [0.05, 0.1) is 5.75 Å². The van der Waals surface area contributed by atoms with E-state index >= 15 is 0 Å². The van der Waals surface area contributed by atoms with Crippen LogP contribution in [0.2, 0.25) is 0 Å². The van der Waals surface area contributed by atoms with E-state index in [4.69, 9.17) is 0 Å². The molecule has 2 radical (unpaired) electrons. The fraction of sp³-hybridized carbons (Fsp3) is 0.333. The van der Waals surface area contributed by atoms with Crippen LogP contribution in [0.25, 0.3) is 0 Å². The van der Waals surface area contributed by atoms with Crippen LogP contribution in [-0.4, -0.2) is 16.0 Å². The molecule has 44 valence electrons. The molecule has 0 aromatic heterocycles. The lowest BCUT2D eigenvalue weighted by atomic mass is 10.7. The second-order valence-corrected chi connectivity index (χ2v) is 2.78. The first-order chi connectivity index (χ1) is 3.29. The van der Waals surface area contributed by atoms with E-state index in [0.717, 1.165) is 0 Å². The molecule has 1 saturated heterocycles. The normalized spacial score (nSPS) is 17.5. The summed E-state index contributed by atoms with van der Waals surface area (Å²) in [6, 6.07) is 0. The van der Waals surface area contributed by atoms with Crippen molar-refractivity contribution in [3.8, 4) is 0 Å². The van der Waals surface area contributed by atoms with Crippen LogP contribution in [0.15, 0.2) is 0 Å². The van der Waals surface area contributed by atoms with Gasteiger partial charge in [-0.3, -0.25) is 4.79 Å². The van der Waals surface area contributed by atoms with Crippen LogP contribution in [0, 0.1) is 0 Å². The third-order valence-electron chi connectivity index (χ3n) is 0.576. The van der Waals surface area contributed by atoms with Crippen molar-refractivity contribution in [2.45, 2.75) is 0 Å². The van der Waals surface area contributed by atoms with Crippen LogP contribution >= 0.6 is 37.5 Å². The Hall–Kier alpha value is 0.260. The predicted octanol–water partition coefficient (Wildman–Crippen LogP) is 0.782. The van der Waals surface area contributed by atoms with Gasteiger partial charge in [0.1, 0.15) is 4.32 Å². The van der Waals surface area contributed by atoms with Gasteiger partial charge in [0.15, 0.2) is 0 Å². The molecular formula is C3H3NOS3. The van der Waals surface area contributed by atoms with E-state index in [9.17, 15) is 4.79 Å². The lowest BCUT2D eigenvalue weighted by molar-refractivity contribution is -0.116. The number of thioether (sulfide) groups is 1. The van der Waals surface area contributed by atoms with Crippen LogP contribution in [0.5, 0.6) is 0 Å². The highest BCUT2D eigenvalue weighted by molar-refractivity contribution is 8.24. The summed E-state index contributed by atoms with van der Waals surface area (Å²) in [7, 11) is 0. The van der Waals surface area contributed by atoms with E-state index in [1.54, 1.807) is 0 Å². The molecule has 5 heteroatoms. The maximum atomic E-state index is 10.2. The summed E-state index contributed by atoms with van der Waals surface area (Å²) >= 11 is 6.00. The number of rotatable bonds is 0. The molecule has 0 aliphatic carbocycles. The minimum atomic E-state index is 0. The van der Waals surface area contributed by atoms with E-state index in [1.807, 2.05) is 0 Å². The monoisotopic (exact) mass is 165 g/mol. The minimum Gasteiger partial charge on any atom is -0.311 e. The van der Waals surface area contributed by atoms with E-state index in [-0.39, 0.29) is 19.4 Å². The Morgan fingerprint density at radius 2 is 2.38 bits per heavy atom. The SMILES string of the molecule is O=C1CSC(=S)N1.[S]. The zero-order valence-corrected chi connectivity index (χ0v) is 6.29. The van der Waals surface area contributed by atoms with Gasteiger partial charge in [-0.05, 0) is 0 Å². The lowest BCUT2D eigenvalue weighted by Gasteiger charge is -1.81. The first-order valence-corrected chi connectivity index (χ1v) is 3.15. The van der Waals surface area contributed by atoms with Crippen molar-refractivity contribution in [1.29, 1.82) is 0 Å². The van der Waals surface area contributed by atoms with E-state index in [0.29, 0.717) is 10.1 Å². The number of carbonyl (C=O) groups is 1. The number of hydrogen-bond acceptors (Lipinski definition) is 3. The molecule has 0 unspecified atom stereocenters. The summed E-state index contributed by atoms with van der Waals surface area (Å²) in [5.74, 6) is 0.522. The first-order valence-electron chi connectivity index (χ1n) is 1.75. The molecule has 0 spiro atoms. The zero-order valence-electron chi connectivity index (χ0n) is 3.84. The Balaban J connectivity index is 0.000000490. The Kier molecular flexibility index (Phi) is 3.43. The van der Waals surface area contributed by atoms with Crippen LogP contribution < -0.4 is 5.32 Å². The van der Waals surface area contributed by atoms with Gasteiger partial charge in [0, 0.05) is 13.5 Å². The molecule has 8 heavy (non-hydrogen) atoms. The standard InChI is InChI=1S/C3H3NOS2.S/c5-2-1-7-3(6)4-2;/h1H2,(H,4,5,6);. The summed E-state index contributed by atoms with van der Waals surface area (Å²) in [5.41, 5.74) is 0. The molecule has 1 fully saturated rings. The van der Waals surface area contributed by atoms with Crippen molar-refractivity contribution in [2.24, 2.45) is 0 Å². The third-order valence-corrected chi connectivity index (χ3v) is 1.80. The van der Waals surface area contributed by atoms with Crippen molar-refractivity contribution >= 4 is 47.7 Å². The molecule has 0 aromatic carbocycles. The van der Waals surface area contributed by atoms with Gasteiger partial charge >= 0.3 is 0 Å². The third kappa shape index (κ3) is 2.02. The molecule has 0 bridgehead atoms. The molecule has 1 amide bonds. The summed E-state index contributed by atoms with van der Waals surface area (Å²) in [6.45, 7) is 0. The van der Waals surface area contributed by atoms with Crippen molar-refractivity contribution in [2.75, 3.05) is 5.75 Å². The Morgan fingerprint density at radius 3 is 2.50 bits per heavy atom. The maximum Gasteiger partial charge on any atom is 0.235 e. The molecule has 1 aliphatic heterocycles. The van der Waals surface area contributed by atoms with Gasteiger partial charge < -0.3 is 5.32 Å². The second kappa shape index (κ2) is 3.32. The maximum absolute atomic E-state index is 10.2. The van der Waals surface area contributed by atoms with Crippen molar-refractivity contribution in [3.63, 3.8) is 0 Å². The Labute approximate surface area is 63.8 Å². The molecule has 1 N–H and O–H groups in total. The molecule has 0 saturated carbocycles. The molecule has 1 rings (SSSR count). The number of nitrogens with one attached hydrogen (secondary N) is 1. The average molecular weight is 165 g/mol. The summed E-state index contributed by atoms with van der Waals surface area (Å²) in [6.07, 6.45) is 0. The van der Waals surface area contributed by atoms with Crippen molar-refractivity contribution in [3.05, 3.63) is 0 Å². The van der Waals surface area contributed by atoms with E-state index in [1.165, 1.54) is 11.8 Å². The minimum absolute atomic E-state index is 0. The average Bonchev–Trinajstić information content (AvgIpc) is 1.87. The smallest absolute Gasteiger partial charge is 0.235 e. The van der Waals surface area contributed by atoms with Crippen LogP contribution in [0.1, 0.15) is 0 Å². The molecule has 0 aromatic rings.